The van der Waals surface area contributed by atoms with E-state index in [0.717, 1.165) is 51.9 Å². The Balaban J connectivity index is 1.26. The fourth-order valence-electron chi connectivity index (χ4n) is 5.05. The van der Waals surface area contributed by atoms with Crippen LogP contribution in [0.3, 0.4) is 0 Å². The number of hydrogen-bond donors (Lipinski definition) is 1. The molecule has 11 heteroatoms. The van der Waals surface area contributed by atoms with Crippen LogP contribution in [0.25, 0.3) is 11.0 Å². The molecule has 0 spiro atoms. The van der Waals surface area contributed by atoms with Crippen molar-refractivity contribution in [1.29, 1.82) is 0 Å². The number of carbonyl (C=O) groups is 1. The van der Waals surface area contributed by atoms with E-state index in [0.29, 0.717) is 40.3 Å². The average Bonchev–Trinajstić information content (AvgIpc) is 2.90. The number of nitrogens with one attached hydrogen (secondary N) is 1. The van der Waals surface area contributed by atoms with Crippen molar-refractivity contribution in [3.8, 4) is 0 Å². The van der Waals surface area contributed by atoms with E-state index in [-0.39, 0.29) is 11.1 Å². The van der Waals surface area contributed by atoms with E-state index in [4.69, 9.17) is 21.3 Å². The van der Waals surface area contributed by atoms with Gasteiger partial charge in [-0.1, -0.05) is 11.6 Å². The van der Waals surface area contributed by atoms with Crippen molar-refractivity contribution in [1.82, 2.24) is 24.8 Å². The number of nitrogens with zero attached hydrogens (tertiary/aromatic N) is 6. The lowest BCUT2D eigenvalue weighted by Gasteiger charge is -2.39. The lowest BCUT2D eigenvalue weighted by molar-refractivity contribution is 0.0927. The molecule has 0 aliphatic carbocycles. The molecule has 2 fully saturated rings. The molecule has 0 saturated carbocycles. The van der Waals surface area contributed by atoms with Gasteiger partial charge in [-0.3, -0.25) is 0 Å². The summed E-state index contributed by atoms with van der Waals surface area (Å²) >= 11 is 5.92. The van der Waals surface area contributed by atoms with Crippen molar-refractivity contribution in [2.24, 2.45) is 11.8 Å². The third kappa shape index (κ3) is 5.07. The molecule has 5 rings (SSSR count). The Morgan fingerprint density at radius 1 is 1.09 bits per heavy atom. The third-order valence-electron chi connectivity index (χ3n) is 7.01. The highest BCUT2D eigenvalue weighted by Gasteiger charge is 2.31. The van der Waals surface area contributed by atoms with Gasteiger partial charge in [0.25, 0.3) is 0 Å². The molecule has 35 heavy (non-hydrogen) atoms. The lowest BCUT2D eigenvalue weighted by atomic mass is 9.79. The Labute approximate surface area is 207 Å². The molecule has 0 bridgehead atoms. The predicted octanol–water partition coefficient (Wildman–Crippen LogP) is 4.65. The zero-order chi connectivity index (χ0) is 24.4. The van der Waals surface area contributed by atoms with Crippen LogP contribution in [-0.4, -0.2) is 64.2 Å². The summed E-state index contributed by atoms with van der Waals surface area (Å²) in [6.45, 7) is 3.27. The first-order chi connectivity index (χ1) is 17.0. The molecule has 4 heterocycles. The number of ether oxygens (including phenoxy) is 1. The van der Waals surface area contributed by atoms with Crippen LogP contribution in [-0.2, 0) is 4.74 Å². The number of benzene rings is 1. The fourth-order valence-corrected chi connectivity index (χ4v) is 5.23. The van der Waals surface area contributed by atoms with Crippen molar-refractivity contribution >= 4 is 46.2 Å². The molecule has 184 valence electrons. The molecular formula is C24H27ClFN7O2. The van der Waals surface area contributed by atoms with Crippen LogP contribution < -0.4 is 10.2 Å². The molecule has 2 aliphatic heterocycles. The molecule has 9 nitrogen and oxygen atoms in total. The highest BCUT2D eigenvalue weighted by Crippen LogP contribution is 2.34. The van der Waals surface area contributed by atoms with Gasteiger partial charge in [0, 0.05) is 31.9 Å². The molecule has 2 aliphatic rings. The molecule has 1 N–H and O–H groups in total. The molecule has 0 unspecified atom stereocenters. The Hall–Kier alpha value is -3.27. The summed E-state index contributed by atoms with van der Waals surface area (Å²) in [7, 11) is 1.43. The Morgan fingerprint density at radius 3 is 2.49 bits per heavy atom. The van der Waals surface area contributed by atoms with Crippen LogP contribution >= 0.6 is 11.6 Å². The number of amides is 1. The second-order valence-electron chi connectivity index (χ2n) is 9.00. The van der Waals surface area contributed by atoms with Gasteiger partial charge in [0.05, 0.1) is 18.3 Å². The molecular weight excluding hydrogens is 473 g/mol. The summed E-state index contributed by atoms with van der Waals surface area (Å²) in [5, 5.41) is 3.19. The molecule has 1 aromatic carbocycles. The standard InChI is InChI=1S/C24H27ClFN7O2/c1-35-24(34)33-10-6-16(7-11-33)15-4-8-32(9-5-15)23-27-13-20-21(31-23)22(29-14-28-20)30-17-2-3-19(26)18(25)12-17/h2-3,12-16H,4-11H2,1H3,(H,28,29,30). The van der Waals surface area contributed by atoms with Gasteiger partial charge in [-0.25, -0.2) is 29.1 Å². The monoisotopic (exact) mass is 499 g/mol. The fraction of sp³-hybridized carbons (Fsp3) is 0.458. The topological polar surface area (TPSA) is 96.4 Å². The van der Waals surface area contributed by atoms with Crippen LogP contribution in [0.5, 0.6) is 0 Å². The van der Waals surface area contributed by atoms with Gasteiger partial charge < -0.3 is 19.9 Å². The lowest BCUT2D eigenvalue weighted by Crippen LogP contribution is -2.43. The summed E-state index contributed by atoms with van der Waals surface area (Å²) < 4.78 is 18.4. The maximum absolute atomic E-state index is 13.5. The van der Waals surface area contributed by atoms with Gasteiger partial charge in [0.15, 0.2) is 5.82 Å². The van der Waals surface area contributed by atoms with E-state index in [1.54, 1.807) is 17.2 Å². The quantitative estimate of drug-likeness (QED) is 0.554. The van der Waals surface area contributed by atoms with Crippen LogP contribution in [0.1, 0.15) is 25.7 Å². The van der Waals surface area contributed by atoms with Crippen LogP contribution in [0.4, 0.5) is 26.6 Å². The van der Waals surface area contributed by atoms with Crippen LogP contribution in [0, 0.1) is 17.7 Å². The first-order valence-electron chi connectivity index (χ1n) is 11.8. The van der Waals surface area contributed by atoms with Gasteiger partial charge in [-0.15, -0.1) is 0 Å². The third-order valence-corrected chi connectivity index (χ3v) is 7.30. The molecule has 2 saturated heterocycles. The summed E-state index contributed by atoms with van der Waals surface area (Å²) in [6.07, 6.45) is 7.08. The van der Waals surface area contributed by atoms with E-state index in [2.05, 4.69) is 25.2 Å². The first kappa shape index (κ1) is 23.5. The zero-order valence-corrected chi connectivity index (χ0v) is 20.2. The molecule has 2 aromatic heterocycles. The van der Waals surface area contributed by atoms with Crippen molar-refractivity contribution in [2.45, 2.75) is 25.7 Å². The van der Waals surface area contributed by atoms with E-state index in [9.17, 15) is 9.18 Å². The van der Waals surface area contributed by atoms with Crippen molar-refractivity contribution in [2.75, 3.05) is 43.5 Å². The second-order valence-corrected chi connectivity index (χ2v) is 9.41. The minimum atomic E-state index is -0.480. The number of hydrogen-bond acceptors (Lipinski definition) is 8. The summed E-state index contributed by atoms with van der Waals surface area (Å²) in [5.41, 5.74) is 1.82. The normalized spacial score (nSPS) is 17.6. The van der Waals surface area contributed by atoms with Crippen LogP contribution in [0.15, 0.2) is 30.7 Å². The van der Waals surface area contributed by atoms with E-state index < -0.39 is 5.82 Å². The molecule has 0 radical (unpaired) electrons. The van der Waals surface area contributed by atoms with E-state index in [1.165, 1.54) is 25.6 Å². The van der Waals surface area contributed by atoms with E-state index >= 15 is 0 Å². The summed E-state index contributed by atoms with van der Waals surface area (Å²) in [4.78, 5) is 33.7. The molecule has 0 atom stereocenters. The summed E-state index contributed by atoms with van der Waals surface area (Å²) in [6, 6.07) is 4.41. The highest BCUT2D eigenvalue weighted by atomic mass is 35.5. The Morgan fingerprint density at radius 2 is 1.80 bits per heavy atom. The Kier molecular flexibility index (Phi) is 6.81. The predicted molar refractivity (Wildman–Crippen MR) is 131 cm³/mol. The minimum absolute atomic E-state index is 0.0301. The van der Waals surface area contributed by atoms with Crippen molar-refractivity contribution in [3.05, 3.63) is 41.6 Å². The number of likely N-dealkylation sites (tertiary alicyclic amines) is 1. The Bertz CT molecular complexity index is 1210. The summed E-state index contributed by atoms with van der Waals surface area (Å²) in [5.74, 6) is 1.93. The number of piperidine rings is 2. The largest absolute Gasteiger partial charge is 0.453 e. The number of halogens is 2. The van der Waals surface area contributed by atoms with Gasteiger partial charge in [-0.05, 0) is 55.7 Å². The molecule has 1 amide bonds. The average molecular weight is 500 g/mol. The van der Waals surface area contributed by atoms with Crippen molar-refractivity contribution in [3.63, 3.8) is 0 Å². The SMILES string of the molecule is COC(=O)N1CCC(C2CCN(c3ncc4ncnc(Nc5ccc(F)c(Cl)c5)c4n3)CC2)CC1. The van der Waals surface area contributed by atoms with Gasteiger partial charge in [0.1, 0.15) is 23.2 Å². The highest BCUT2D eigenvalue weighted by molar-refractivity contribution is 6.31. The van der Waals surface area contributed by atoms with Crippen molar-refractivity contribution < 1.29 is 13.9 Å². The second kappa shape index (κ2) is 10.2. The zero-order valence-electron chi connectivity index (χ0n) is 19.5. The number of rotatable bonds is 4. The number of aromatic nitrogens is 4. The van der Waals surface area contributed by atoms with Gasteiger partial charge in [0.2, 0.25) is 5.95 Å². The van der Waals surface area contributed by atoms with Crippen LogP contribution in [0.2, 0.25) is 5.02 Å². The van der Waals surface area contributed by atoms with Gasteiger partial charge >= 0.3 is 6.09 Å². The maximum atomic E-state index is 13.5. The van der Waals surface area contributed by atoms with Gasteiger partial charge in [-0.2, -0.15) is 0 Å². The maximum Gasteiger partial charge on any atom is 0.409 e. The number of anilines is 3. The number of carbonyl (C=O) groups excluding carboxylic acids is 1. The number of fused-ring (bicyclic) bond motifs is 1. The number of methoxy groups -OCH3 is 1. The first-order valence-corrected chi connectivity index (χ1v) is 12.2. The van der Waals surface area contributed by atoms with E-state index in [1.807, 2.05) is 0 Å². The molecule has 3 aromatic rings. The minimum Gasteiger partial charge on any atom is -0.453 e. The smallest absolute Gasteiger partial charge is 0.409 e.